The molecule has 0 aromatic heterocycles. The van der Waals surface area contributed by atoms with E-state index in [9.17, 15) is 14.4 Å². The molecule has 1 aromatic rings. The number of benzene rings is 1. The van der Waals surface area contributed by atoms with E-state index in [1.807, 2.05) is 12.1 Å². The van der Waals surface area contributed by atoms with Gasteiger partial charge in [-0.2, -0.15) is 0 Å². The summed E-state index contributed by atoms with van der Waals surface area (Å²) in [6, 6.07) is 7.23. The molecule has 1 aliphatic rings. The van der Waals surface area contributed by atoms with Gasteiger partial charge in [-0.15, -0.1) is 0 Å². The highest BCUT2D eigenvalue weighted by Gasteiger charge is 2.26. The van der Waals surface area contributed by atoms with Gasteiger partial charge in [0.05, 0.1) is 13.0 Å². The molecule has 1 heterocycles. The maximum absolute atomic E-state index is 12.2. The third-order valence-corrected chi connectivity index (χ3v) is 3.99. The number of hydrogen-bond acceptors (Lipinski definition) is 4. The van der Waals surface area contributed by atoms with Crippen LogP contribution in [-0.2, 0) is 19.1 Å². The second-order valence-electron chi connectivity index (χ2n) is 5.76. The molecule has 2 rings (SSSR count). The van der Waals surface area contributed by atoms with Gasteiger partial charge in [-0.25, -0.2) is 0 Å². The lowest BCUT2D eigenvalue weighted by molar-refractivity contribution is -0.148. The van der Waals surface area contributed by atoms with Gasteiger partial charge in [0.1, 0.15) is 0 Å². The minimum atomic E-state index is -0.197. The maximum atomic E-state index is 12.2. The fraction of sp³-hybridized carbons (Fsp3) is 0.389. The van der Waals surface area contributed by atoms with Crippen molar-refractivity contribution in [1.82, 2.24) is 4.90 Å². The molecule has 128 valence electrons. The van der Waals surface area contributed by atoms with E-state index in [2.05, 4.69) is 5.32 Å². The first kappa shape index (κ1) is 17.7. The summed E-state index contributed by atoms with van der Waals surface area (Å²) in [5.41, 5.74) is 1.60. The van der Waals surface area contributed by atoms with Gasteiger partial charge in [0, 0.05) is 31.8 Å². The third-order valence-electron chi connectivity index (χ3n) is 3.99. The van der Waals surface area contributed by atoms with E-state index < -0.39 is 0 Å². The third kappa shape index (κ3) is 4.94. The molecule has 1 saturated heterocycles. The number of ether oxygens (including phenoxy) is 1. The van der Waals surface area contributed by atoms with Crippen LogP contribution in [0.1, 0.15) is 25.3 Å². The Kier molecular flexibility index (Phi) is 6.12. The Bertz CT molecular complexity index is 629. The second kappa shape index (κ2) is 8.29. The van der Waals surface area contributed by atoms with Gasteiger partial charge in [0.15, 0.2) is 0 Å². The number of amides is 2. The van der Waals surface area contributed by atoms with Crippen molar-refractivity contribution in [2.75, 3.05) is 25.5 Å². The van der Waals surface area contributed by atoms with E-state index in [4.69, 9.17) is 4.74 Å². The summed E-state index contributed by atoms with van der Waals surface area (Å²) in [4.78, 5) is 36.4. The van der Waals surface area contributed by atoms with Crippen LogP contribution in [-0.4, -0.2) is 42.9 Å². The Hall–Kier alpha value is -2.63. The van der Waals surface area contributed by atoms with Crippen molar-refractivity contribution in [2.24, 2.45) is 5.92 Å². The largest absolute Gasteiger partial charge is 0.469 e. The lowest BCUT2D eigenvalue weighted by Crippen LogP contribution is -2.39. The summed E-state index contributed by atoms with van der Waals surface area (Å²) < 4.78 is 4.74. The molecular weight excluding hydrogens is 308 g/mol. The lowest BCUT2D eigenvalue weighted by atomic mass is 9.97. The zero-order chi connectivity index (χ0) is 17.5. The van der Waals surface area contributed by atoms with Gasteiger partial charge in [-0.3, -0.25) is 14.4 Å². The zero-order valence-corrected chi connectivity index (χ0v) is 14.0. The highest BCUT2D eigenvalue weighted by Crippen LogP contribution is 2.19. The van der Waals surface area contributed by atoms with Gasteiger partial charge in [0.25, 0.3) is 0 Å². The minimum absolute atomic E-state index is 0.0655. The molecule has 0 unspecified atom stereocenters. The fourth-order valence-corrected chi connectivity index (χ4v) is 2.66. The zero-order valence-electron chi connectivity index (χ0n) is 14.0. The van der Waals surface area contributed by atoms with Gasteiger partial charge >= 0.3 is 5.97 Å². The molecule has 1 N–H and O–H groups in total. The first-order chi connectivity index (χ1) is 11.5. The fourth-order valence-electron chi connectivity index (χ4n) is 2.66. The molecular formula is C18H22N2O4. The topological polar surface area (TPSA) is 75.7 Å². The molecule has 1 aliphatic heterocycles. The van der Waals surface area contributed by atoms with Gasteiger partial charge in [-0.05, 0) is 36.6 Å². The van der Waals surface area contributed by atoms with Crippen molar-refractivity contribution >= 4 is 29.5 Å². The predicted octanol–water partition coefficient (Wildman–Crippen LogP) is 2.07. The highest BCUT2D eigenvalue weighted by atomic mass is 16.5. The van der Waals surface area contributed by atoms with Crippen LogP contribution in [0.2, 0.25) is 0 Å². The van der Waals surface area contributed by atoms with Crippen LogP contribution in [0.4, 0.5) is 5.69 Å². The number of anilines is 1. The van der Waals surface area contributed by atoms with Crippen LogP contribution < -0.4 is 5.32 Å². The van der Waals surface area contributed by atoms with Crippen molar-refractivity contribution in [3.63, 3.8) is 0 Å². The second-order valence-corrected chi connectivity index (χ2v) is 5.76. The number of likely N-dealkylation sites (tertiary alicyclic amines) is 1. The van der Waals surface area contributed by atoms with Crippen LogP contribution in [0.3, 0.4) is 0 Å². The summed E-state index contributed by atoms with van der Waals surface area (Å²) in [7, 11) is 1.39. The van der Waals surface area contributed by atoms with E-state index in [0.717, 1.165) is 11.3 Å². The average Bonchev–Trinajstić information content (AvgIpc) is 2.60. The number of esters is 1. The van der Waals surface area contributed by atoms with Crippen molar-refractivity contribution in [3.05, 3.63) is 35.9 Å². The molecule has 24 heavy (non-hydrogen) atoms. The summed E-state index contributed by atoms with van der Waals surface area (Å²) in [5.74, 6) is -0.491. The quantitative estimate of drug-likeness (QED) is 0.677. The Morgan fingerprint density at radius 2 is 1.79 bits per heavy atom. The molecule has 1 fully saturated rings. The Labute approximate surface area is 141 Å². The maximum Gasteiger partial charge on any atom is 0.308 e. The Balaban J connectivity index is 1.87. The number of rotatable bonds is 4. The number of carbonyl (C=O) groups excluding carboxylic acids is 3. The number of nitrogens with one attached hydrogen (secondary N) is 1. The normalized spacial score (nSPS) is 15.3. The molecule has 0 aliphatic carbocycles. The summed E-state index contributed by atoms with van der Waals surface area (Å²) in [6.07, 6.45) is 4.55. The Morgan fingerprint density at radius 1 is 1.17 bits per heavy atom. The van der Waals surface area contributed by atoms with Crippen LogP contribution in [0, 0.1) is 5.92 Å². The van der Waals surface area contributed by atoms with Crippen molar-refractivity contribution in [1.29, 1.82) is 0 Å². The monoisotopic (exact) mass is 330 g/mol. The first-order valence-corrected chi connectivity index (χ1v) is 7.92. The molecule has 2 amide bonds. The lowest BCUT2D eigenvalue weighted by Gasteiger charge is -2.29. The predicted molar refractivity (Wildman–Crippen MR) is 91.1 cm³/mol. The van der Waals surface area contributed by atoms with Gasteiger partial charge in [0.2, 0.25) is 11.8 Å². The molecule has 1 aromatic carbocycles. The van der Waals surface area contributed by atoms with Gasteiger partial charge in [-0.1, -0.05) is 12.1 Å². The molecule has 0 atom stereocenters. The molecule has 0 spiro atoms. The number of carbonyl (C=O) groups is 3. The molecule has 0 saturated carbocycles. The average molecular weight is 330 g/mol. The first-order valence-electron chi connectivity index (χ1n) is 7.92. The van der Waals surface area contributed by atoms with Crippen molar-refractivity contribution in [3.8, 4) is 0 Å². The minimum Gasteiger partial charge on any atom is -0.469 e. The van der Waals surface area contributed by atoms with E-state index >= 15 is 0 Å². The van der Waals surface area contributed by atoms with Crippen molar-refractivity contribution in [2.45, 2.75) is 19.8 Å². The van der Waals surface area contributed by atoms with Crippen LogP contribution in [0.15, 0.2) is 30.3 Å². The summed E-state index contributed by atoms with van der Waals surface area (Å²) in [5, 5.41) is 2.69. The smallest absolute Gasteiger partial charge is 0.308 e. The van der Waals surface area contributed by atoms with Crippen LogP contribution in [0.5, 0.6) is 0 Å². The van der Waals surface area contributed by atoms with Crippen molar-refractivity contribution < 1.29 is 19.1 Å². The van der Waals surface area contributed by atoms with E-state index in [1.165, 1.54) is 20.1 Å². The standard InChI is InChI=1S/C18H22N2O4/c1-13(21)19-16-6-3-14(4-7-16)5-8-17(22)20-11-9-15(10-12-20)18(23)24-2/h3-8,15H,9-12H2,1-2H3,(H,19,21)/b8-5+. The van der Waals surface area contributed by atoms with E-state index in [1.54, 1.807) is 23.1 Å². The van der Waals surface area contributed by atoms with E-state index in [-0.39, 0.29) is 23.7 Å². The SMILES string of the molecule is COC(=O)C1CCN(C(=O)/C=C/c2ccc(NC(C)=O)cc2)CC1. The molecule has 0 bridgehead atoms. The van der Waals surface area contributed by atoms with Crippen LogP contribution >= 0.6 is 0 Å². The number of nitrogens with zero attached hydrogens (tertiary/aromatic N) is 1. The molecule has 6 nitrogen and oxygen atoms in total. The number of piperidine rings is 1. The number of hydrogen-bond donors (Lipinski definition) is 1. The van der Waals surface area contributed by atoms with E-state index in [0.29, 0.717) is 25.9 Å². The summed E-state index contributed by atoms with van der Waals surface area (Å²) >= 11 is 0. The van der Waals surface area contributed by atoms with Gasteiger partial charge < -0.3 is 15.0 Å². The van der Waals surface area contributed by atoms with Crippen LogP contribution in [0.25, 0.3) is 6.08 Å². The molecule has 6 heteroatoms. The summed E-state index contributed by atoms with van der Waals surface area (Å²) in [6.45, 7) is 2.57. The molecule has 0 radical (unpaired) electrons. The number of methoxy groups -OCH3 is 1. The Morgan fingerprint density at radius 3 is 2.33 bits per heavy atom. The highest BCUT2D eigenvalue weighted by molar-refractivity contribution is 5.92.